The van der Waals surface area contributed by atoms with E-state index in [-0.39, 0.29) is 18.2 Å². The van der Waals surface area contributed by atoms with Crippen LogP contribution in [0.1, 0.15) is 25.0 Å². The Kier molecular flexibility index (Phi) is 5.64. The molecule has 5 nitrogen and oxygen atoms in total. The summed E-state index contributed by atoms with van der Waals surface area (Å²) >= 11 is 4.85. The second-order valence-corrected chi connectivity index (χ2v) is 5.37. The van der Waals surface area contributed by atoms with Crippen LogP contribution < -0.4 is 16.8 Å². The first-order valence-corrected chi connectivity index (χ1v) is 6.69. The maximum atomic E-state index is 11.9. The van der Waals surface area contributed by atoms with Crippen molar-refractivity contribution in [2.45, 2.75) is 26.3 Å². The maximum Gasteiger partial charge on any atom is 0.240 e. The van der Waals surface area contributed by atoms with Gasteiger partial charge in [-0.2, -0.15) is 0 Å². The van der Waals surface area contributed by atoms with Crippen LogP contribution in [0.5, 0.6) is 0 Å². The fourth-order valence-electron chi connectivity index (χ4n) is 1.76. The summed E-state index contributed by atoms with van der Waals surface area (Å²) in [5.74, 6) is -0.823. The summed E-state index contributed by atoms with van der Waals surface area (Å²) in [7, 11) is 0. The Hall–Kier alpha value is -1.95. The molecule has 0 aliphatic heterocycles. The van der Waals surface area contributed by atoms with E-state index in [0.717, 1.165) is 11.1 Å². The van der Waals surface area contributed by atoms with Gasteiger partial charge in [0.15, 0.2) is 0 Å². The molecule has 0 saturated heterocycles. The van der Waals surface area contributed by atoms with Gasteiger partial charge in [-0.05, 0) is 11.5 Å². The van der Waals surface area contributed by atoms with Gasteiger partial charge in [0.05, 0.1) is 6.42 Å². The molecule has 1 atom stereocenters. The van der Waals surface area contributed by atoms with E-state index in [0.29, 0.717) is 4.99 Å². The molecule has 0 fully saturated rings. The lowest BCUT2D eigenvalue weighted by Crippen LogP contribution is -2.48. The number of carbonyl (C=O) groups is 2. The molecule has 0 radical (unpaired) electrons. The molecule has 20 heavy (non-hydrogen) atoms. The lowest BCUT2D eigenvalue weighted by atomic mass is 10.0. The van der Waals surface area contributed by atoms with Gasteiger partial charge < -0.3 is 16.8 Å². The second kappa shape index (κ2) is 7.00. The SMILES string of the molecule is CC(C)C(NC(=O)Cc1ccc(C(N)=S)cc1)C(N)=O. The van der Waals surface area contributed by atoms with Crippen LogP contribution >= 0.6 is 12.2 Å². The predicted molar refractivity (Wildman–Crippen MR) is 82.0 cm³/mol. The first kappa shape index (κ1) is 16.1. The van der Waals surface area contributed by atoms with E-state index in [1.807, 2.05) is 13.8 Å². The van der Waals surface area contributed by atoms with Crippen molar-refractivity contribution in [3.05, 3.63) is 35.4 Å². The molecule has 0 aromatic heterocycles. The van der Waals surface area contributed by atoms with Gasteiger partial charge >= 0.3 is 0 Å². The maximum absolute atomic E-state index is 11.9. The molecule has 0 heterocycles. The Morgan fingerprint density at radius 2 is 1.75 bits per heavy atom. The summed E-state index contributed by atoms with van der Waals surface area (Å²) < 4.78 is 0. The summed E-state index contributed by atoms with van der Waals surface area (Å²) in [6, 6.07) is 6.43. The Balaban J connectivity index is 2.66. The molecule has 6 heteroatoms. The summed E-state index contributed by atoms with van der Waals surface area (Å²) in [6.45, 7) is 3.65. The Bertz CT molecular complexity index is 512. The molecule has 1 rings (SSSR count). The van der Waals surface area contributed by atoms with E-state index in [2.05, 4.69) is 5.32 Å². The van der Waals surface area contributed by atoms with Gasteiger partial charge in [-0.25, -0.2) is 0 Å². The normalized spacial score (nSPS) is 11.9. The van der Waals surface area contributed by atoms with Gasteiger partial charge in [-0.15, -0.1) is 0 Å². The Morgan fingerprint density at radius 3 is 2.15 bits per heavy atom. The highest BCUT2D eigenvalue weighted by atomic mass is 32.1. The molecular formula is C14H19N3O2S. The smallest absolute Gasteiger partial charge is 0.240 e. The van der Waals surface area contributed by atoms with E-state index in [1.54, 1.807) is 24.3 Å². The number of hydrogen-bond donors (Lipinski definition) is 3. The molecule has 0 bridgehead atoms. The van der Waals surface area contributed by atoms with Crippen molar-refractivity contribution in [2.75, 3.05) is 0 Å². The van der Waals surface area contributed by atoms with Gasteiger partial charge in [0.25, 0.3) is 0 Å². The van der Waals surface area contributed by atoms with Gasteiger partial charge in [-0.3, -0.25) is 9.59 Å². The quantitative estimate of drug-likeness (QED) is 0.665. The standard InChI is InChI=1S/C14H19N3O2S/c1-8(2)12(13(15)19)17-11(18)7-9-3-5-10(6-4-9)14(16)20/h3-6,8,12H,7H2,1-2H3,(H2,15,19)(H2,16,20)(H,17,18). The monoisotopic (exact) mass is 293 g/mol. The predicted octanol–water partition coefficient (Wildman–Crippen LogP) is 0.489. The second-order valence-electron chi connectivity index (χ2n) is 4.93. The Morgan fingerprint density at radius 1 is 1.20 bits per heavy atom. The van der Waals surface area contributed by atoms with Crippen LogP contribution in [0.4, 0.5) is 0 Å². The summed E-state index contributed by atoms with van der Waals surface area (Å²) in [4.78, 5) is 23.4. The van der Waals surface area contributed by atoms with Crippen molar-refractivity contribution < 1.29 is 9.59 Å². The van der Waals surface area contributed by atoms with Crippen LogP contribution in [-0.4, -0.2) is 22.8 Å². The molecule has 5 N–H and O–H groups in total. The highest BCUT2D eigenvalue weighted by molar-refractivity contribution is 7.80. The molecule has 0 aliphatic carbocycles. The highest BCUT2D eigenvalue weighted by Gasteiger charge is 2.21. The van der Waals surface area contributed by atoms with Crippen LogP contribution in [0.2, 0.25) is 0 Å². The van der Waals surface area contributed by atoms with E-state index >= 15 is 0 Å². The lowest BCUT2D eigenvalue weighted by Gasteiger charge is -2.18. The van der Waals surface area contributed by atoms with Crippen molar-refractivity contribution >= 4 is 29.0 Å². The fraction of sp³-hybridized carbons (Fsp3) is 0.357. The van der Waals surface area contributed by atoms with E-state index in [1.165, 1.54) is 0 Å². The molecule has 1 aromatic rings. The van der Waals surface area contributed by atoms with Crippen LogP contribution in [0.15, 0.2) is 24.3 Å². The number of primary amides is 1. The highest BCUT2D eigenvalue weighted by Crippen LogP contribution is 2.06. The number of thiocarbonyl (C=S) groups is 1. The molecule has 1 aromatic carbocycles. The third kappa shape index (κ3) is 4.62. The Labute approximate surface area is 123 Å². The zero-order valence-corrected chi connectivity index (χ0v) is 12.4. The number of rotatable bonds is 6. The van der Waals surface area contributed by atoms with E-state index in [9.17, 15) is 9.59 Å². The van der Waals surface area contributed by atoms with Gasteiger partial charge in [0, 0.05) is 5.56 Å². The minimum atomic E-state index is -0.654. The minimum Gasteiger partial charge on any atom is -0.389 e. The molecule has 0 saturated carbocycles. The lowest BCUT2D eigenvalue weighted by molar-refractivity contribution is -0.127. The van der Waals surface area contributed by atoms with Crippen molar-refractivity contribution in [2.24, 2.45) is 17.4 Å². The summed E-state index contributed by atoms with van der Waals surface area (Å²) in [6.07, 6.45) is 0.175. The van der Waals surface area contributed by atoms with Crippen LogP contribution in [0, 0.1) is 5.92 Å². The number of hydrogen-bond acceptors (Lipinski definition) is 3. The largest absolute Gasteiger partial charge is 0.389 e. The zero-order chi connectivity index (χ0) is 15.3. The number of carbonyl (C=O) groups excluding carboxylic acids is 2. The third-order valence-electron chi connectivity index (χ3n) is 2.89. The number of nitrogens with one attached hydrogen (secondary N) is 1. The number of nitrogens with two attached hydrogens (primary N) is 2. The van der Waals surface area contributed by atoms with Crippen LogP contribution in [0.25, 0.3) is 0 Å². The van der Waals surface area contributed by atoms with Crippen molar-refractivity contribution in [3.63, 3.8) is 0 Å². The zero-order valence-electron chi connectivity index (χ0n) is 11.6. The van der Waals surface area contributed by atoms with Crippen LogP contribution in [-0.2, 0) is 16.0 Å². The van der Waals surface area contributed by atoms with Crippen molar-refractivity contribution in [3.8, 4) is 0 Å². The molecule has 1 unspecified atom stereocenters. The topological polar surface area (TPSA) is 98.2 Å². The molecule has 2 amide bonds. The molecular weight excluding hydrogens is 274 g/mol. The van der Waals surface area contributed by atoms with E-state index < -0.39 is 11.9 Å². The van der Waals surface area contributed by atoms with Gasteiger partial charge in [-0.1, -0.05) is 50.3 Å². The average Bonchev–Trinajstić information content (AvgIpc) is 2.35. The fourth-order valence-corrected chi connectivity index (χ4v) is 1.90. The van der Waals surface area contributed by atoms with Crippen molar-refractivity contribution in [1.82, 2.24) is 5.32 Å². The number of benzene rings is 1. The van der Waals surface area contributed by atoms with Gasteiger partial charge in [0.1, 0.15) is 11.0 Å². The molecule has 0 spiro atoms. The molecule has 108 valence electrons. The van der Waals surface area contributed by atoms with Crippen LogP contribution in [0.3, 0.4) is 0 Å². The van der Waals surface area contributed by atoms with E-state index in [4.69, 9.17) is 23.7 Å². The van der Waals surface area contributed by atoms with Gasteiger partial charge in [0.2, 0.25) is 11.8 Å². The first-order valence-electron chi connectivity index (χ1n) is 6.28. The summed E-state index contributed by atoms with van der Waals surface area (Å²) in [5.41, 5.74) is 12.3. The average molecular weight is 293 g/mol. The van der Waals surface area contributed by atoms with Crippen molar-refractivity contribution in [1.29, 1.82) is 0 Å². The number of amides is 2. The first-order chi connectivity index (χ1) is 9.31. The molecule has 0 aliphatic rings. The minimum absolute atomic E-state index is 0.0477. The summed E-state index contributed by atoms with van der Waals surface area (Å²) in [5, 5.41) is 2.64. The third-order valence-corrected chi connectivity index (χ3v) is 3.13.